The lowest BCUT2D eigenvalue weighted by molar-refractivity contribution is -0.115. The molecule has 0 aliphatic heterocycles. The lowest BCUT2D eigenvalue weighted by Crippen LogP contribution is -2.08. The van der Waals surface area contributed by atoms with Crippen molar-refractivity contribution in [2.24, 2.45) is 0 Å². The Kier molecular flexibility index (Phi) is 9.05. The van der Waals surface area contributed by atoms with Crippen molar-refractivity contribution in [1.82, 2.24) is 4.98 Å². The number of pyridine rings is 1. The van der Waals surface area contributed by atoms with Crippen molar-refractivity contribution in [3.8, 4) is 0 Å². The summed E-state index contributed by atoms with van der Waals surface area (Å²) in [4.78, 5) is 29.3. The number of esters is 1. The third kappa shape index (κ3) is 6.14. The molecule has 3 aromatic rings. The average Bonchev–Trinajstić information content (AvgIpc) is 3.15. The third-order valence-electron chi connectivity index (χ3n) is 5.05. The number of carbonyl (C=O) groups is 2. The second-order valence-corrected chi connectivity index (χ2v) is 9.23. The largest absolute Gasteiger partial charge is 0.488 e. The Labute approximate surface area is 212 Å². The van der Waals surface area contributed by atoms with Crippen LogP contribution in [0.1, 0.15) is 35.0 Å². The van der Waals surface area contributed by atoms with Crippen LogP contribution in [0.15, 0.2) is 72.5 Å². The number of aromatic nitrogens is 1. The van der Waals surface area contributed by atoms with Gasteiger partial charge in [0.25, 0.3) is 0 Å². The Morgan fingerprint density at radius 1 is 1.18 bits per heavy atom. The van der Waals surface area contributed by atoms with Gasteiger partial charge in [-0.1, -0.05) is 54.1 Å². The normalized spacial score (nSPS) is 12.0. The molecule has 0 amide bonds. The molecule has 8 heteroatoms. The van der Waals surface area contributed by atoms with E-state index in [4.69, 9.17) is 32.7 Å². The van der Waals surface area contributed by atoms with E-state index < -0.39 is 5.97 Å². The first-order valence-electron chi connectivity index (χ1n) is 10.4. The van der Waals surface area contributed by atoms with E-state index >= 15 is 0 Å². The number of ether oxygens (including phenoxy) is 2. The van der Waals surface area contributed by atoms with Crippen molar-refractivity contribution < 1.29 is 19.1 Å². The maximum absolute atomic E-state index is 12.8. The molecule has 1 aromatic carbocycles. The number of rotatable bonds is 10. The second-order valence-electron chi connectivity index (χ2n) is 7.19. The van der Waals surface area contributed by atoms with Crippen LogP contribution >= 0.6 is 34.5 Å². The van der Waals surface area contributed by atoms with Crippen molar-refractivity contribution in [2.75, 3.05) is 7.11 Å². The number of carbonyl (C=O) groups excluding carboxylic acids is 2. The topological polar surface area (TPSA) is 65.5 Å². The minimum atomic E-state index is -0.426. The Hall–Kier alpha value is -2.93. The van der Waals surface area contributed by atoms with E-state index in [1.165, 1.54) is 24.5 Å². The van der Waals surface area contributed by atoms with Gasteiger partial charge in [-0.3, -0.25) is 4.79 Å². The summed E-state index contributed by atoms with van der Waals surface area (Å²) in [5, 5.41) is 0.433. The number of methoxy groups -OCH3 is 1. The standard InChI is InChI=1S/C26H23Cl2NO4S/c1-4-16(21(30)12-10-17-8-6-7-9-20(17)26(31)32-3)14-19(5-2)33-15-18-11-13-22-24(29-18)23(27)25(28)34-22/h4-9,11,13-14H,1,10,12,15H2,2-3H3/b16-14+,19-5+. The van der Waals surface area contributed by atoms with E-state index in [1.807, 2.05) is 31.2 Å². The Morgan fingerprint density at radius 2 is 1.94 bits per heavy atom. The fourth-order valence-electron chi connectivity index (χ4n) is 3.25. The minimum absolute atomic E-state index is 0.114. The lowest BCUT2D eigenvalue weighted by Gasteiger charge is -2.10. The van der Waals surface area contributed by atoms with Crippen LogP contribution < -0.4 is 0 Å². The molecule has 0 unspecified atom stereocenters. The first-order valence-corrected chi connectivity index (χ1v) is 12.0. The SMILES string of the molecule is C=C/C(=C\C(=C/C)OCc1ccc2sc(Cl)c(Cl)c2n1)C(=O)CCc1ccccc1C(=O)OC. The molecule has 34 heavy (non-hydrogen) atoms. The fraction of sp³-hybridized carbons (Fsp3) is 0.192. The molecule has 0 saturated carbocycles. The average molecular weight is 516 g/mol. The molecule has 2 heterocycles. The highest BCUT2D eigenvalue weighted by Gasteiger charge is 2.14. The molecule has 0 aliphatic carbocycles. The van der Waals surface area contributed by atoms with E-state index in [2.05, 4.69) is 11.6 Å². The Bertz CT molecular complexity index is 1290. The zero-order valence-electron chi connectivity index (χ0n) is 18.8. The maximum atomic E-state index is 12.8. The molecule has 0 saturated heterocycles. The molecule has 0 spiro atoms. The predicted octanol–water partition coefficient (Wildman–Crippen LogP) is 7.12. The highest BCUT2D eigenvalue weighted by molar-refractivity contribution is 7.23. The highest BCUT2D eigenvalue weighted by atomic mass is 35.5. The molecule has 0 N–H and O–H groups in total. The zero-order chi connectivity index (χ0) is 24.7. The van der Waals surface area contributed by atoms with Gasteiger partial charge < -0.3 is 9.47 Å². The number of nitrogens with zero attached hydrogens (tertiary/aromatic N) is 1. The number of hydrogen-bond donors (Lipinski definition) is 0. The van der Waals surface area contributed by atoms with Gasteiger partial charge in [-0.2, -0.15) is 0 Å². The molecule has 0 radical (unpaired) electrons. The van der Waals surface area contributed by atoms with Gasteiger partial charge in [0.2, 0.25) is 0 Å². The highest BCUT2D eigenvalue weighted by Crippen LogP contribution is 2.37. The number of Topliss-reactive ketones (excluding diaryl/α,β-unsaturated/α-hetero) is 1. The van der Waals surface area contributed by atoms with E-state index in [0.717, 1.165) is 10.3 Å². The number of halogens is 2. The summed E-state index contributed by atoms with van der Waals surface area (Å²) < 4.78 is 12.1. The van der Waals surface area contributed by atoms with Crippen molar-refractivity contribution in [2.45, 2.75) is 26.4 Å². The Morgan fingerprint density at radius 3 is 2.65 bits per heavy atom. The van der Waals surface area contributed by atoms with E-state index in [-0.39, 0.29) is 18.8 Å². The summed E-state index contributed by atoms with van der Waals surface area (Å²) in [6, 6.07) is 10.8. The van der Waals surface area contributed by atoms with Crippen LogP contribution in [0.5, 0.6) is 0 Å². The molecule has 0 bridgehead atoms. The van der Waals surface area contributed by atoms with E-state index in [1.54, 1.807) is 24.3 Å². The third-order valence-corrected chi connectivity index (χ3v) is 6.98. The van der Waals surface area contributed by atoms with Crippen LogP contribution in [0, 0.1) is 0 Å². The van der Waals surface area contributed by atoms with Gasteiger partial charge in [0.05, 0.1) is 28.1 Å². The summed E-state index contributed by atoms with van der Waals surface area (Å²) in [6.07, 6.45) is 5.51. The first-order chi connectivity index (χ1) is 16.4. The molecule has 0 aliphatic rings. The van der Waals surface area contributed by atoms with Gasteiger partial charge in [-0.05, 0) is 49.3 Å². The smallest absolute Gasteiger partial charge is 0.338 e. The molecular weight excluding hydrogens is 493 g/mol. The zero-order valence-corrected chi connectivity index (χ0v) is 21.1. The monoisotopic (exact) mass is 515 g/mol. The summed E-state index contributed by atoms with van der Waals surface area (Å²) in [5.41, 5.74) is 2.95. The molecule has 176 valence electrons. The van der Waals surface area contributed by atoms with Gasteiger partial charge in [0.15, 0.2) is 5.78 Å². The quantitative estimate of drug-likeness (QED) is 0.124. The van der Waals surface area contributed by atoms with Crippen molar-refractivity contribution in [3.63, 3.8) is 0 Å². The van der Waals surface area contributed by atoms with E-state index in [9.17, 15) is 9.59 Å². The second kappa shape index (κ2) is 12.0. The summed E-state index contributed by atoms with van der Waals surface area (Å²) in [6.45, 7) is 5.77. The van der Waals surface area contributed by atoms with E-state index in [0.29, 0.717) is 43.9 Å². The molecular formula is C26H23Cl2NO4S. The van der Waals surface area contributed by atoms with Crippen LogP contribution in [-0.2, 0) is 27.3 Å². The van der Waals surface area contributed by atoms with Crippen LogP contribution in [0.2, 0.25) is 9.36 Å². The summed E-state index contributed by atoms with van der Waals surface area (Å²) in [5.74, 6) is -0.0311. The van der Waals surface area contributed by atoms with Crippen LogP contribution in [0.4, 0.5) is 0 Å². The molecule has 5 nitrogen and oxygen atoms in total. The number of benzene rings is 1. The van der Waals surface area contributed by atoms with Gasteiger partial charge in [-0.25, -0.2) is 9.78 Å². The van der Waals surface area contributed by atoms with Gasteiger partial charge in [-0.15, -0.1) is 11.3 Å². The maximum Gasteiger partial charge on any atom is 0.338 e. The van der Waals surface area contributed by atoms with Gasteiger partial charge >= 0.3 is 5.97 Å². The minimum Gasteiger partial charge on any atom is -0.488 e. The first kappa shape index (κ1) is 25.7. The molecule has 0 fully saturated rings. The Balaban J connectivity index is 1.67. The van der Waals surface area contributed by atoms with Crippen LogP contribution in [0.3, 0.4) is 0 Å². The molecule has 3 rings (SSSR count). The van der Waals surface area contributed by atoms with Crippen molar-refractivity contribution in [1.29, 1.82) is 0 Å². The molecule has 2 aromatic heterocycles. The predicted molar refractivity (Wildman–Crippen MR) is 138 cm³/mol. The van der Waals surface area contributed by atoms with Crippen LogP contribution in [0.25, 0.3) is 10.2 Å². The molecule has 0 atom stereocenters. The summed E-state index contributed by atoms with van der Waals surface area (Å²) >= 11 is 13.7. The number of ketones is 1. The fourth-order valence-corrected chi connectivity index (χ4v) is 4.67. The number of allylic oxidation sites excluding steroid dienone is 4. The number of hydrogen-bond acceptors (Lipinski definition) is 6. The lowest BCUT2D eigenvalue weighted by atomic mass is 9.98. The number of fused-ring (bicyclic) bond motifs is 1. The number of thiophene rings is 1. The summed E-state index contributed by atoms with van der Waals surface area (Å²) in [7, 11) is 1.33. The van der Waals surface area contributed by atoms with Gasteiger partial charge in [0, 0.05) is 12.0 Å². The van der Waals surface area contributed by atoms with Gasteiger partial charge in [0.1, 0.15) is 22.2 Å². The van der Waals surface area contributed by atoms with Crippen LogP contribution in [-0.4, -0.2) is 23.8 Å². The van der Waals surface area contributed by atoms with Crippen molar-refractivity contribution in [3.05, 3.63) is 98.7 Å². The van der Waals surface area contributed by atoms with Crippen molar-refractivity contribution >= 4 is 56.5 Å². The number of aryl methyl sites for hydroxylation is 1.